The first-order valence-electron chi connectivity index (χ1n) is 8.53. The number of amides is 1. The number of carbonyl (C=O) groups is 1. The van der Waals surface area contributed by atoms with Crippen LogP contribution in [0.3, 0.4) is 0 Å². The van der Waals surface area contributed by atoms with Crippen molar-refractivity contribution in [2.45, 2.75) is 25.5 Å². The van der Waals surface area contributed by atoms with E-state index in [9.17, 15) is 4.79 Å². The minimum absolute atomic E-state index is 0.0229. The fourth-order valence-electron chi connectivity index (χ4n) is 2.94. The van der Waals surface area contributed by atoms with E-state index in [1.807, 2.05) is 11.4 Å². The number of hydrogen-bond acceptors (Lipinski definition) is 6. The highest BCUT2D eigenvalue weighted by atomic mass is 32.1. The molecular formula is C18H24N4O2S. The molecule has 7 heteroatoms. The Morgan fingerprint density at radius 3 is 3.00 bits per heavy atom. The number of benzene rings is 1. The van der Waals surface area contributed by atoms with Crippen LogP contribution in [0.25, 0.3) is 0 Å². The lowest BCUT2D eigenvalue weighted by Gasteiger charge is -2.32. The highest BCUT2D eigenvalue weighted by Crippen LogP contribution is 2.13. The van der Waals surface area contributed by atoms with Crippen LogP contribution in [0.5, 0.6) is 0 Å². The molecule has 1 aromatic heterocycles. The zero-order valence-electron chi connectivity index (χ0n) is 14.2. The maximum atomic E-state index is 12.1. The number of aromatic nitrogens is 1. The summed E-state index contributed by atoms with van der Waals surface area (Å²) >= 11 is 1.42. The summed E-state index contributed by atoms with van der Waals surface area (Å²) in [5, 5.41) is 5.43. The van der Waals surface area contributed by atoms with Gasteiger partial charge < -0.3 is 15.8 Å². The number of nitrogen functional groups attached to an aromatic ring is 1. The van der Waals surface area contributed by atoms with Gasteiger partial charge in [0.05, 0.1) is 24.8 Å². The molecule has 0 radical (unpaired) electrons. The SMILES string of the molecule is Nc1nc(CCNC(=O)C[C@H]2CN(Cc3ccccc3)CCO2)cs1. The molecule has 0 saturated carbocycles. The second-order valence-corrected chi connectivity index (χ2v) is 7.08. The third-order valence-corrected chi connectivity index (χ3v) is 4.88. The van der Waals surface area contributed by atoms with Crippen molar-refractivity contribution in [1.82, 2.24) is 15.2 Å². The topological polar surface area (TPSA) is 80.5 Å². The van der Waals surface area contributed by atoms with Crippen LogP contribution in [0, 0.1) is 0 Å². The van der Waals surface area contributed by atoms with E-state index in [0.29, 0.717) is 31.1 Å². The Morgan fingerprint density at radius 1 is 1.40 bits per heavy atom. The molecule has 1 aliphatic heterocycles. The van der Waals surface area contributed by atoms with Gasteiger partial charge >= 0.3 is 0 Å². The van der Waals surface area contributed by atoms with Gasteiger partial charge in [0.2, 0.25) is 5.91 Å². The second kappa shape index (κ2) is 8.94. The van der Waals surface area contributed by atoms with Gasteiger partial charge in [-0.3, -0.25) is 9.69 Å². The van der Waals surface area contributed by atoms with Crippen LogP contribution in [0.1, 0.15) is 17.7 Å². The Bertz CT molecular complexity index is 677. The average Bonchev–Trinajstić information content (AvgIpc) is 3.01. The molecule has 1 aliphatic rings. The van der Waals surface area contributed by atoms with Crippen molar-refractivity contribution in [1.29, 1.82) is 0 Å². The summed E-state index contributed by atoms with van der Waals surface area (Å²) in [6.07, 6.45) is 1.04. The van der Waals surface area contributed by atoms with Crippen LogP contribution < -0.4 is 11.1 Å². The lowest BCUT2D eigenvalue weighted by Crippen LogP contribution is -2.44. The number of nitrogens with zero attached hydrogens (tertiary/aromatic N) is 2. The second-order valence-electron chi connectivity index (χ2n) is 6.19. The molecule has 0 unspecified atom stereocenters. The van der Waals surface area contributed by atoms with Crippen LogP contribution in [-0.4, -0.2) is 48.1 Å². The summed E-state index contributed by atoms with van der Waals surface area (Å²) in [7, 11) is 0. The number of anilines is 1. The van der Waals surface area contributed by atoms with Gasteiger partial charge in [-0.2, -0.15) is 0 Å². The summed E-state index contributed by atoms with van der Waals surface area (Å²) in [5.74, 6) is 0.0229. The van der Waals surface area contributed by atoms with Crippen molar-refractivity contribution in [2.75, 3.05) is 32.0 Å². The molecule has 1 aromatic carbocycles. The Morgan fingerprint density at radius 2 is 2.24 bits per heavy atom. The third kappa shape index (κ3) is 5.81. The largest absolute Gasteiger partial charge is 0.375 e. The minimum atomic E-state index is -0.0487. The first-order chi connectivity index (χ1) is 12.2. The molecular weight excluding hydrogens is 336 g/mol. The standard InChI is InChI=1S/C18H24N4O2S/c19-18-21-15(13-25-18)6-7-20-17(23)10-16-12-22(8-9-24-16)11-14-4-2-1-3-5-14/h1-5,13,16H,6-12H2,(H2,19,21)(H,20,23)/t16-/m0/s1. The first-order valence-corrected chi connectivity index (χ1v) is 9.41. The maximum Gasteiger partial charge on any atom is 0.222 e. The lowest BCUT2D eigenvalue weighted by atomic mass is 10.1. The third-order valence-electron chi connectivity index (χ3n) is 4.16. The van der Waals surface area contributed by atoms with Gasteiger partial charge in [-0.1, -0.05) is 30.3 Å². The molecule has 1 fully saturated rings. The molecule has 0 aliphatic carbocycles. The Hall–Kier alpha value is -1.96. The number of hydrogen-bond donors (Lipinski definition) is 2. The molecule has 0 bridgehead atoms. The van der Waals surface area contributed by atoms with Crippen LogP contribution in [0.2, 0.25) is 0 Å². The summed E-state index contributed by atoms with van der Waals surface area (Å²) in [4.78, 5) is 18.6. The molecule has 3 N–H and O–H groups in total. The predicted molar refractivity (Wildman–Crippen MR) is 99.3 cm³/mol. The van der Waals surface area contributed by atoms with Gasteiger partial charge in [0, 0.05) is 38.0 Å². The monoisotopic (exact) mass is 360 g/mol. The van der Waals surface area contributed by atoms with E-state index in [1.54, 1.807) is 0 Å². The Kier molecular flexibility index (Phi) is 6.38. The lowest BCUT2D eigenvalue weighted by molar-refractivity contribution is -0.126. The molecule has 2 aromatic rings. The summed E-state index contributed by atoms with van der Waals surface area (Å²) in [5.41, 5.74) is 7.81. The fourth-order valence-corrected chi connectivity index (χ4v) is 3.53. The molecule has 2 heterocycles. The highest BCUT2D eigenvalue weighted by Gasteiger charge is 2.22. The van der Waals surface area contributed by atoms with E-state index in [4.69, 9.17) is 10.5 Å². The number of thiazole rings is 1. The summed E-state index contributed by atoms with van der Waals surface area (Å²) < 4.78 is 5.75. The normalized spacial score (nSPS) is 18.2. The number of ether oxygens (including phenoxy) is 1. The van der Waals surface area contributed by atoms with Crippen molar-refractivity contribution in [3.8, 4) is 0 Å². The molecule has 6 nitrogen and oxygen atoms in total. The van der Waals surface area contributed by atoms with E-state index in [1.165, 1.54) is 16.9 Å². The number of nitrogens with two attached hydrogens (primary N) is 1. The van der Waals surface area contributed by atoms with Crippen LogP contribution in [0.15, 0.2) is 35.7 Å². The number of nitrogens with one attached hydrogen (secondary N) is 1. The van der Waals surface area contributed by atoms with Crippen molar-refractivity contribution in [2.24, 2.45) is 0 Å². The van der Waals surface area contributed by atoms with Crippen molar-refractivity contribution < 1.29 is 9.53 Å². The van der Waals surface area contributed by atoms with Crippen LogP contribution in [-0.2, 0) is 22.5 Å². The molecule has 1 saturated heterocycles. The molecule has 25 heavy (non-hydrogen) atoms. The van der Waals surface area contributed by atoms with Gasteiger partial charge in [0.1, 0.15) is 0 Å². The highest BCUT2D eigenvalue weighted by molar-refractivity contribution is 7.13. The number of carbonyl (C=O) groups excluding carboxylic acids is 1. The molecule has 3 rings (SSSR count). The Labute approximate surface area is 152 Å². The zero-order chi connectivity index (χ0) is 17.5. The fraction of sp³-hybridized carbons (Fsp3) is 0.444. The predicted octanol–water partition coefficient (Wildman–Crippen LogP) is 1.68. The van der Waals surface area contributed by atoms with Crippen molar-refractivity contribution in [3.05, 3.63) is 47.0 Å². The quantitative estimate of drug-likeness (QED) is 0.785. The van der Waals surface area contributed by atoms with Crippen molar-refractivity contribution >= 4 is 22.4 Å². The van der Waals surface area contributed by atoms with E-state index in [0.717, 1.165) is 25.3 Å². The summed E-state index contributed by atoms with van der Waals surface area (Å²) in [6.45, 7) is 3.82. The molecule has 1 atom stereocenters. The van der Waals surface area contributed by atoms with E-state index >= 15 is 0 Å². The molecule has 0 spiro atoms. The smallest absolute Gasteiger partial charge is 0.222 e. The van der Waals surface area contributed by atoms with Crippen LogP contribution >= 0.6 is 11.3 Å². The molecule has 1 amide bonds. The number of rotatable bonds is 7. The van der Waals surface area contributed by atoms with Gasteiger partial charge in [-0.15, -0.1) is 11.3 Å². The van der Waals surface area contributed by atoms with Crippen LogP contribution in [0.4, 0.5) is 5.13 Å². The van der Waals surface area contributed by atoms with E-state index in [2.05, 4.69) is 39.5 Å². The number of morpholine rings is 1. The zero-order valence-corrected chi connectivity index (χ0v) is 15.0. The summed E-state index contributed by atoms with van der Waals surface area (Å²) in [6, 6.07) is 10.4. The Balaban J connectivity index is 1.38. The van der Waals surface area contributed by atoms with Gasteiger partial charge in [0.15, 0.2) is 5.13 Å². The maximum absolute atomic E-state index is 12.1. The minimum Gasteiger partial charge on any atom is -0.375 e. The van der Waals surface area contributed by atoms with Crippen molar-refractivity contribution in [3.63, 3.8) is 0 Å². The van der Waals surface area contributed by atoms with E-state index in [-0.39, 0.29) is 12.0 Å². The van der Waals surface area contributed by atoms with Gasteiger partial charge in [-0.05, 0) is 5.56 Å². The van der Waals surface area contributed by atoms with Gasteiger partial charge in [-0.25, -0.2) is 4.98 Å². The van der Waals surface area contributed by atoms with Gasteiger partial charge in [0.25, 0.3) is 0 Å². The van der Waals surface area contributed by atoms with E-state index < -0.39 is 0 Å². The average molecular weight is 360 g/mol. The molecule has 134 valence electrons. The first kappa shape index (κ1) is 17.8.